The second-order valence-corrected chi connectivity index (χ2v) is 7.48. The van der Waals surface area contributed by atoms with Crippen LogP contribution in [0.25, 0.3) is 0 Å². The number of aromatic nitrogens is 1. The molecule has 0 amide bonds. The maximum absolute atomic E-state index is 8.70. The van der Waals surface area contributed by atoms with E-state index >= 15 is 0 Å². The van der Waals surface area contributed by atoms with Gasteiger partial charge in [-0.1, -0.05) is 48.4 Å². The van der Waals surface area contributed by atoms with Gasteiger partial charge in [0.2, 0.25) is 0 Å². The Morgan fingerprint density at radius 3 is 2.63 bits per heavy atom. The Bertz CT molecular complexity index is 772. The highest BCUT2D eigenvalue weighted by Crippen LogP contribution is 2.22. The first kappa shape index (κ1) is 19.8. The van der Waals surface area contributed by atoms with E-state index in [0.717, 1.165) is 38.4 Å². The molecular weight excluding hydrogens is 360 g/mol. The molecule has 0 saturated carbocycles. The van der Waals surface area contributed by atoms with Gasteiger partial charge in [-0.2, -0.15) is 0 Å². The van der Waals surface area contributed by atoms with E-state index < -0.39 is 0 Å². The highest BCUT2D eigenvalue weighted by Gasteiger charge is 2.20. The fraction of sp³-hybridized carbons (Fsp3) is 0.429. The number of anilines is 1. The standard InChI is InChI=1S/C21H27ClN4O/c1-15-3-5-17(6-4-15)13-24-21-18(7-8-19(22)25-21)20(23)16(2)14-26-9-11-27-12-10-26/h3-8,16,23H,9-14H2,1-2H3,(H,24,25). The number of nitrogens with one attached hydrogen (secondary N) is 2. The van der Waals surface area contributed by atoms with E-state index in [-0.39, 0.29) is 5.92 Å². The van der Waals surface area contributed by atoms with Gasteiger partial charge >= 0.3 is 0 Å². The van der Waals surface area contributed by atoms with Crippen LogP contribution in [0.15, 0.2) is 36.4 Å². The minimum atomic E-state index is 0.103. The van der Waals surface area contributed by atoms with Crippen LogP contribution in [0.5, 0.6) is 0 Å². The van der Waals surface area contributed by atoms with Gasteiger partial charge in [0, 0.05) is 43.4 Å². The number of hydrogen-bond donors (Lipinski definition) is 2. The Morgan fingerprint density at radius 1 is 1.22 bits per heavy atom. The van der Waals surface area contributed by atoms with Crippen LogP contribution in [-0.2, 0) is 11.3 Å². The second-order valence-electron chi connectivity index (χ2n) is 7.10. The summed E-state index contributed by atoms with van der Waals surface area (Å²) in [5, 5.41) is 12.5. The van der Waals surface area contributed by atoms with Crippen molar-refractivity contribution in [2.75, 3.05) is 38.2 Å². The molecule has 1 aromatic carbocycles. The molecular formula is C21H27ClN4O. The van der Waals surface area contributed by atoms with Gasteiger partial charge in [0.15, 0.2) is 0 Å². The third-order valence-corrected chi connectivity index (χ3v) is 5.07. The fourth-order valence-corrected chi connectivity index (χ4v) is 3.35. The quantitative estimate of drug-likeness (QED) is 0.558. The van der Waals surface area contributed by atoms with E-state index in [0.29, 0.717) is 23.2 Å². The highest BCUT2D eigenvalue weighted by atomic mass is 35.5. The lowest BCUT2D eigenvalue weighted by atomic mass is 9.98. The zero-order valence-electron chi connectivity index (χ0n) is 16.0. The molecule has 2 aromatic rings. The Kier molecular flexibility index (Phi) is 6.83. The minimum Gasteiger partial charge on any atom is -0.379 e. The molecule has 1 saturated heterocycles. The lowest BCUT2D eigenvalue weighted by Gasteiger charge is -2.29. The van der Waals surface area contributed by atoms with Gasteiger partial charge in [-0.05, 0) is 24.6 Å². The molecule has 5 nitrogen and oxygen atoms in total. The fourth-order valence-electron chi connectivity index (χ4n) is 3.21. The van der Waals surface area contributed by atoms with Gasteiger partial charge in [0.05, 0.1) is 13.2 Å². The maximum atomic E-state index is 8.70. The minimum absolute atomic E-state index is 0.103. The SMILES string of the molecule is Cc1ccc(CNc2nc(Cl)ccc2C(=N)C(C)CN2CCOCC2)cc1. The molecule has 2 heterocycles. The first-order valence-electron chi connectivity index (χ1n) is 9.38. The van der Waals surface area contributed by atoms with Crippen LogP contribution in [0.3, 0.4) is 0 Å². The van der Waals surface area contributed by atoms with Gasteiger partial charge in [0.25, 0.3) is 0 Å². The zero-order chi connectivity index (χ0) is 19.2. The van der Waals surface area contributed by atoms with Crippen molar-refractivity contribution in [1.82, 2.24) is 9.88 Å². The summed E-state index contributed by atoms with van der Waals surface area (Å²) in [5.41, 5.74) is 3.80. The number of pyridine rings is 1. The summed E-state index contributed by atoms with van der Waals surface area (Å²) in [6.45, 7) is 9.05. The highest BCUT2D eigenvalue weighted by molar-refractivity contribution is 6.29. The Balaban J connectivity index is 1.70. The van der Waals surface area contributed by atoms with Crippen LogP contribution in [0.2, 0.25) is 5.15 Å². The molecule has 3 rings (SSSR count). The van der Waals surface area contributed by atoms with Gasteiger partial charge in [0.1, 0.15) is 11.0 Å². The average Bonchev–Trinajstić information content (AvgIpc) is 2.68. The summed E-state index contributed by atoms with van der Waals surface area (Å²) in [7, 11) is 0. The Labute approximate surface area is 166 Å². The normalized spacial score (nSPS) is 16.1. The zero-order valence-corrected chi connectivity index (χ0v) is 16.7. The third-order valence-electron chi connectivity index (χ3n) is 4.86. The molecule has 6 heteroatoms. The van der Waals surface area contributed by atoms with Crippen LogP contribution in [0.4, 0.5) is 5.82 Å². The predicted molar refractivity (Wildman–Crippen MR) is 111 cm³/mol. The van der Waals surface area contributed by atoms with Crippen LogP contribution >= 0.6 is 11.6 Å². The van der Waals surface area contributed by atoms with Crippen molar-refractivity contribution in [2.45, 2.75) is 20.4 Å². The largest absolute Gasteiger partial charge is 0.379 e. The summed E-state index contributed by atoms with van der Waals surface area (Å²) in [5.74, 6) is 0.771. The van der Waals surface area contributed by atoms with E-state index in [1.807, 2.05) is 6.07 Å². The number of nitrogens with zero attached hydrogens (tertiary/aromatic N) is 2. The van der Waals surface area contributed by atoms with E-state index in [2.05, 4.69) is 53.3 Å². The number of benzene rings is 1. The first-order valence-corrected chi connectivity index (χ1v) is 9.75. The number of rotatable bonds is 7. The van der Waals surface area contributed by atoms with Crippen LogP contribution in [-0.4, -0.2) is 48.4 Å². The number of halogens is 1. The number of hydrogen-bond acceptors (Lipinski definition) is 5. The lowest BCUT2D eigenvalue weighted by Crippen LogP contribution is -2.40. The van der Waals surface area contributed by atoms with Crippen molar-refractivity contribution in [1.29, 1.82) is 5.41 Å². The topological polar surface area (TPSA) is 61.2 Å². The third kappa shape index (κ3) is 5.51. The van der Waals surface area contributed by atoms with Crippen molar-refractivity contribution >= 4 is 23.1 Å². The molecule has 1 aliphatic rings. The molecule has 0 aliphatic carbocycles. The molecule has 0 spiro atoms. The second kappa shape index (κ2) is 9.31. The Hall–Kier alpha value is -1.95. The van der Waals surface area contributed by atoms with E-state index in [9.17, 15) is 0 Å². The number of aryl methyl sites for hydroxylation is 1. The summed E-state index contributed by atoms with van der Waals surface area (Å²) < 4.78 is 5.41. The molecule has 1 fully saturated rings. The molecule has 0 bridgehead atoms. The number of morpholine rings is 1. The van der Waals surface area contributed by atoms with Crippen molar-refractivity contribution in [3.05, 3.63) is 58.2 Å². The summed E-state index contributed by atoms with van der Waals surface area (Å²) >= 11 is 6.12. The van der Waals surface area contributed by atoms with Crippen molar-refractivity contribution < 1.29 is 4.74 Å². The van der Waals surface area contributed by atoms with E-state index in [1.54, 1.807) is 6.07 Å². The lowest BCUT2D eigenvalue weighted by molar-refractivity contribution is 0.0352. The molecule has 1 atom stereocenters. The van der Waals surface area contributed by atoms with Crippen LogP contribution in [0.1, 0.15) is 23.6 Å². The van der Waals surface area contributed by atoms with Crippen molar-refractivity contribution in [3.63, 3.8) is 0 Å². The summed E-state index contributed by atoms with van der Waals surface area (Å²) in [6, 6.07) is 12.0. The molecule has 1 aromatic heterocycles. The molecule has 144 valence electrons. The number of ether oxygens (including phenoxy) is 1. The van der Waals surface area contributed by atoms with Crippen LogP contribution in [0, 0.1) is 18.3 Å². The van der Waals surface area contributed by atoms with Gasteiger partial charge in [-0.3, -0.25) is 4.90 Å². The maximum Gasteiger partial charge on any atom is 0.137 e. The smallest absolute Gasteiger partial charge is 0.137 e. The molecule has 1 aliphatic heterocycles. The molecule has 0 radical (unpaired) electrons. The molecule has 2 N–H and O–H groups in total. The summed E-state index contributed by atoms with van der Waals surface area (Å²) in [6.07, 6.45) is 0. The van der Waals surface area contributed by atoms with Crippen LogP contribution < -0.4 is 5.32 Å². The monoisotopic (exact) mass is 386 g/mol. The van der Waals surface area contributed by atoms with E-state index in [1.165, 1.54) is 11.1 Å². The van der Waals surface area contributed by atoms with Gasteiger partial charge in [-0.15, -0.1) is 0 Å². The molecule has 27 heavy (non-hydrogen) atoms. The Morgan fingerprint density at radius 2 is 1.93 bits per heavy atom. The van der Waals surface area contributed by atoms with Gasteiger partial charge < -0.3 is 15.5 Å². The van der Waals surface area contributed by atoms with Gasteiger partial charge in [-0.25, -0.2) is 4.98 Å². The van der Waals surface area contributed by atoms with E-state index in [4.69, 9.17) is 21.7 Å². The van der Waals surface area contributed by atoms with Crippen molar-refractivity contribution in [3.8, 4) is 0 Å². The van der Waals surface area contributed by atoms with Crippen molar-refractivity contribution in [2.24, 2.45) is 5.92 Å². The predicted octanol–water partition coefficient (Wildman–Crippen LogP) is 3.99. The first-order chi connectivity index (χ1) is 13.0. The summed E-state index contributed by atoms with van der Waals surface area (Å²) in [4.78, 5) is 6.79. The average molecular weight is 387 g/mol. The molecule has 1 unspecified atom stereocenters.